The molecule has 0 radical (unpaired) electrons. The number of benzene rings is 3. The molecule has 0 aromatic heterocycles. The number of phenolic OH excluding ortho intramolecular Hbond substituents is 1. The van der Waals surface area contributed by atoms with Crippen molar-refractivity contribution in [3.8, 4) is 28.0 Å². The smallest absolute Gasteiger partial charge is 0.167 e. The van der Waals surface area contributed by atoms with Crippen LogP contribution in [0.3, 0.4) is 0 Å². The molecule has 1 aliphatic carbocycles. The number of phenols is 1. The fraction of sp³-hybridized carbons (Fsp3) is 0.250. The zero-order valence-electron chi connectivity index (χ0n) is 15.1. The fourth-order valence-corrected chi connectivity index (χ4v) is 4.01. The van der Waals surface area contributed by atoms with Crippen LogP contribution in [0.25, 0.3) is 22.3 Å². The minimum atomic E-state index is -0.866. The molecule has 138 valence electrons. The van der Waals surface area contributed by atoms with E-state index in [0.717, 1.165) is 0 Å². The summed E-state index contributed by atoms with van der Waals surface area (Å²) in [6, 6.07) is 17.2. The lowest BCUT2D eigenvalue weighted by molar-refractivity contribution is 0.443. The molecule has 3 heteroatoms. The highest BCUT2D eigenvalue weighted by Crippen LogP contribution is 2.35. The summed E-state index contributed by atoms with van der Waals surface area (Å²) in [7, 11) is 0. The van der Waals surface area contributed by atoms with E-state index < -0.39 is 11.6 Å². The quantitative estimate of drug-likeness (QED) is 0.528. The number of hydrogen-bond donors (Lipinski definition) is 1. The lowest BCUT2D eigenvalue weighted by Crippen LogP contribution is -2.04. The van der Waals surface area contributed by atoms with Crippen molar-refractivity contribution >= 4 is 0 Å². The van der Waals surface area contributed by atoms with Crippen LogP contribution in [-0.4, -0.2) is 5.11 Å². The van der Waals surface area contributed by atoms with Gasteiger partial charge in [-0.2, -0.15) is 0 Å². The molecule has 0 spiro atoms. The Kier molecular flexibility index (Phi) is 4.93. The molecular formula is C24H22F2O. The monoisotopic (exact) mass is 364 g/mol. The van der Waals surface area contributed by atoms with E-state index in [1.54, 1.807) is 24.3 Å². The lowest BCUT2D eigenvalue weighted by atomic mass is 9.83. The van der Waals surface area contributed by atoms with Gasteiger partial charge in [-0.05, 0) is 47.6 Å². The van der Waals surface area contributed by atoms with E-state index in [9.17, 15) is 13.9 Å². The molecule has 4 rings (SSSR count). The van der Waals surface area contributed by atoms with Crippen molar-refractivity contribution < 1.29 is 13.9 Å². The molecule has 1 fully saturated rings. The molecule has 1 N–H and O–H groups in total. The van der Waals surface area contributed by atoms with Gasteiger partial charge in [-0.3, -0.25) is 0 Å². The van der Waals surface area contributed by atoms with Gasteiger partial charge in [0.05, 0.1) is 0 Å². The van der Waals surface area contributed by atoms with Gasteiger partial charge in [0.15, 0.2) is 11.6 Å². The molecule has 0 heterocycles. The Labute approximate surface area is 158 Å². The van der Waals surface area contributed by atoms with Crippen molar-refractivity contribution in [2.24, 2.45) is 0 Å². The minimum absolute atomic E-state index is 0.0919. The molecule has 27 heavy (non-hydrogen) atoms. The summed E-state index contributed by atoms with van der Waals surface area (Å²) in [5, 5.41) is 9.37. The molecule has 0 atom stereocenters. The van der Waals surface area contributed by atoms with Crippen LogP contribution in [-0.2, 0) is 0 Å². The van der Waals surface area contributed by atoms with Crippen LogP contribution in [0.15, 0.2) is 60.7 Å². The molecule has 1 saturated carbocycles. The van der Waals surface area contributed by atoms with Crippen LogP contribution in [0, 0.1) is 11.6 Å². The Bertz CT molecular complexity index is 924. The van der Waals surface area contributed by atoms with Crippen molar-refractivity contribution in [1.82, 2.24) is 0 Å². The topological polar surface area (TPSA) is 20.2 Å². The normalized spacial score (nSPS) is 15.0. The van der Waals surface area contributed by atoms with Crippen molar-refractivity contribution in [3.63, 3.8) is 0 Å². The van der Waals surface area contributed by atoms with E-state index in [1.165, 1.54) is 49.8 Å². The molecular weight excluding hydrogens is 342 g/mol. The highest BCUT2D eigenvalue weighted by molar-refractivity contribution is 5.72. The Balaban J connectivity index is 1.64. The number of aromatic hydroxyl groups is 1. The van der Waals surface area contributed by atoms with Crippen LogP contribution < -0.4 is 0 Å². The lowest BCUT2D eigenvalue weighted by Gasteiger charge is -2.22. The van der Waals surface area contributed by atoms with E-state index in [4.69, 9.17) is 0 Å². The van der Waals surface area contributed by atoms with Crippen LogP contribution >= 0.6 is 0 Å². The first kappa shape index (κ1) is 17.7. The Morgan fingerprint density at radius 1 is 0.630 bits per heavy atom. The summed E-state index contributed by atoms with van der Waals surface area (Å²) in [6.07, 6.45) is 6.27. The average molecular weight is 364 g/mol. The number of rotatable bonds is 3. The second-order valence-corrected chi connectivity index (χ2v) is 7.29. The maximum Gasteiger partial charge on any atom is 0.167 e. The maximum atomic E-state index is 14.7. The molecule has 1 nitrogen and oxygen atoms in total. The van der Waals surface area contributed by atoms with Crippen LogP contribution in [0.5, 0.6) is 5.75 Å². The zero-order chi connectivity index (χ0) is 18.8. The molecule has 0 bridgehead atoms. The third-order valence-electron chi connectivity index (χ3n) is 5.56. The van der Waals surface area contributed by atoms with Gasteiger partial charge in [0.2, 0.25) is 0 Å². The van der Waals surface area contributed by atoms with Gasteiger partial charge < -0.3 is 5.11 Å². The van der Waals surface area contributed by atoms with Crippen LogP contribution in [0.1, 0.15) is 43.6 Å². The van der Waals surface area contributed by atoms with Gasteiger partial charge in [-0.15, -0.1) is 0 Å². The van der Waals surface area contributed by atoms with Gasteiger partial charge in [-0.25, -0.2) is 8.78 Å². The van der Waals surface area contributed by atoms with Gasteiger partial charge in [-0.1, -0.05) is 67.8 Å². The first-order chi connectivity index (χ1) is 13.1. The predicted molar refractivity (Wildman–Crippen MR) is 105 cm³/mol. The van der Waals surface area contributed by atoms with Crippen LogP contribution in [0.2, 0.25) is 0 Å². The summed E-state index contributed by atoms with van der Waals surface area (Å²) >= 11 is 0. The Hall–Kier alpha value is -2.68. The molecule has 0 amide bonds. The van der Waals surface area contributed by atoms with Gasteiger partial charge in [0.1, 0.15) is 5.75 Å². The van der Waals surface area contributed by atoms with Crippen molar-refractivity contribution in [2.75, 3.05) is 0 Å². The number of hydrogen-bond acceptors (Lipinski definition) is 1. The molecule has 3 aromatic rings. The van der Waals surface area contributed by atoms with Crippen LogP contribution in [0.4, 0.5) is 8.78 Å². The molecule has 1 aliphatic rings. The second kappa shape index (κ2) is 7.51. The van der Waals surface area contributed by atoms with Gasteiger partial charge in [0.25, 0.3) is 0 Å². The van der Waals surface area contributed by atoms with E-state index >= 15 is 0 Å². The maximum absolute atomic E-state index is 14.7. The van der Waals surface area contributed by atoms with Gasteiger partial charge in [0, 0.05) is 11.1 Å². The molecule has 0 saturated heterocycles. The molecule has 3 aromatic carbocycles. The van der Waals surface area contributed by atoms with E-state index in [0.29, 0.717) is 17.0 Å². The Morgan fingerprint density at radius 2 is 1.11 bits per heavy atom. The summed E-state index contributed by atoms with van der Waals surface area (Å²) in [6.45, 7) is 0. The third kappa shape index (κ3) is 3.59. The highest BCUT2D eigenvalue weighted by Gasteiger charge is 2.18. The predicted octanol–water partition coefficient (Wildman–Crippen LogP) is 7.05. The summed E-state index contributed by atoms with van der Waals surface area (Å²) in [5.74, 6) is -1.03. The zero-order valence-corrected chi connectivity index (χ0v) is 15.1. The standard InChI is InChI=1S/C24H22F2O/c25-23-21(14-15-22(24(23)26)19-10-12-20(27)13-11-19)18-8-6-17(7-9-18)16-4-2-1-3-5-16/h6-16,27H,1-5H2. The summed E-state index contributed by atoms with van der Waals surface area (Å²) < 4.78 is 29.4. The van der Waals surface area contributed by atoms with Crippen molar-refractivity contribution in [1.29, 1.82) is 0 Å². The van der Waals surface area contributed by atoms with Crippen molar-refractivity contribution in [3.05, 3.63) is 77.9 Å². The summed E-state index contributed by atoms with van der Waals surface area (Å²) in [4.78, 5) is 0. The third-order valence-corrected chi connectivity index (χ3v) is 5.56. The van der Waals surface area contributed by atoms with E-state index in [2.05, 4.69) is 12.1 Å². The number of halogens is 2. The average Bonchev–Trinajstić information content (AvgIpc) is 2.72. The highest BCUT2D eigenvalue weighted by atomic mass is 19.2. The van der Waals surface area contributed by atoms with Gasteiger partial charge >= 0.3 is 0 Å². The summed E-state index contributed by atoms with van der Waals surface area (Å²) in [5.41, 5.74) is 2.96. The first-order valence-corrected chi connectivity index (χ1v) is 9.51. The largest absolute Gasteiger partial charge is 0.508 e. The minimum Gasteiger partial charge on any atom is -0.508 e. The first-order valence-electron chi connectivity index (χ1n) is 9.51. The van der Waals surface area contributed by atoms with E-state index in [-0.39, 0.29) is 16.9 Å². The molecule has 0 aliphatic heterocycles. The fourth-order valence-electron chi connectivity index (χ4n) is 4.01. The second-order valence-electron chi connectivity index (χ2n) is 7.29. The molecule has 0 unspecified atom stereocenters. The van der Waals surface area contributed by atoms with Crippen molar-refractivity contribution in [2.45, 2.75) is 38.0 Å². The Morgan fingerprint density at radius 3 is 1.63 bits per heavy atom. The SMILES string of the molecule is Oc1ccc(-c2ccc(-c3ccc(C4CCCCC4)cc3)c(F)c2F)cc1. The van der Waals surface area contributed by atoms with E-state index in [1.807, 2.05) is 12.1 Å².